The van der Waals surface area contributed by atoms with Crippen LogP contribution in [0.25, 0.3) is 0 Å². The van der Waals surface area contributed by atoms with Crippen LogP contribution in [0.5, 0.6) is 0 Å². The minimum absolute atomic E-state index is 0.0138. The molecule has 2 bridgehead atoms. The lowest BCUT2D eigenvalue weighted by atomic mass is 9.65. The highest BCUT2D eigenvalue weighted by Crippen LogP contribution is 2.53. The van der Waals surface area contributed by atoms with E-state index in [9.17, 15) is 9.90 Å². The molecule has 3 N–H and O–H groups in total. The zero-order chi connectivity index (χ0) is 30.9. The summed E-state index contributed by atoms with van der Waals surface area (Å²) in [5.74, 6) is 0.123. The molecule has 6 unspecified atom stereocenters. The van der Waals surface area contributed by atoms with Gasteiger partial charge in [-0.3, -0.25) is 4.90 Å². The molecule has 6 atom stereocenters. The third-order valence-corrected chi connectivity index (χ3v) is 9.77. The second-order valence-corrected chi connectivity index (χ2v) is 14.4. The highest BCUT2D eigenvalue weighted by atomic mass is 16.7. The molecule has 1 aliphatic carbocycles. The lowest BCUT2D eigenvalue weighted by Gasteiger charge is -2.43. The lowest BCUT2D eigenvalue weighted by molar-refractivity contribution is -0.276. The molecule has 6 rings (SSSR count). The highest BCUT2D eigenvalue weighted by Gasteiger charge is 2.51. The maximum Gasteiger partial charge on any atom is 0.319 e. The summed E-state index contributed by atoms with van der Waals surface area (Å²) in [6, 6.07) is 26.0. The average Bonchev–Trinajstić information content (AvgIpc) is 3.24. The molecule has 0 aromatic heterocycles. The van der Waals surface area contributed by atoms with E-state index in [4.69, 9.17) is 9.47 Å². The summed E-state index contributed by atoms with van der Waals surface area (Å²) in [4.78, 5) is 15.4. The third-order valence-electron chi connectivity index (χ3n) is 9.77. The van der Waals surface area contributed by atoms with Crippen molar-refractivity contribution in [3.8, 4) is 0 Å². The normalized spacial score (nSPS) is 29.7. The summed E-state index contributed by atoms with van der Waals surface area (Å²) >= 11 is 0. The van der Waals surface area contributed by atoms with Gasteiger partial charge < -0.3 is 25.2 Å². The Bertz CT molecular complexity index is 1430. The number of urea groups is 1. The first-order valence-corrected chi connectivity index (χ1v) is 16.0. The maximum absolute atomic E-state index is 12.7. The van der Waals surface area contributed by atoms with Crippen LogP contribution < -0.4 is 10.6 Å². The Morgan fingerprint density at radius 2 is 1.70 bits per heavy atom. The van der Waals surface area contributed by atoms with Crippen LogP contribution in [0.4, 0.5) is 10.5 Å². The van der Waals surface area contributed by atoms with E-state index in [0.29, 0.717) is 29.1 Å². The van der Waals surface area contributed by atoms with Gasteiger partial charge in [-0.25, -0.2) is 4.79 Å². The van der Waals surface area contributed by atoms with Gasteiger partial charge in [0.05, 0.1) is 18.8 Å². The minimum Gasteiger partial charge on any atom is -0.392 e. The van der Waals surface area contributed by atoms with Gasteiger partial charge in [0.25, 0.3) is 0 Å². The zero-order valence-electron chi connectivity index (χ0n) is 26.5. The Morgan fingerprint density at radius 3 is 2.45 bits per heavy atom. The molecule has 2 heterocycles. The van der Waals surface area contributed by atoms with Crippen LogP contribution in [-0.2, 0) is 22.6 Å². The van der Waals surface area contributed by atoms with Crippen molar-refractivity contribution in [2.45, 2.75) is 84.6 Å². The first-order chi connectivity index (χ1) is 21.1. The van der Waals surface area contributed by atoms with E-state index in [0.717, 1.165) is 35.3 Å². The van der Waals surface area contributed by atoms with Crippen LogP contribution in [0.2, 0.25) is 0 Å². The molecule has 2 amide bonds. The maximum atomic E-state index is 12.7. The van der Waals surface area contributed by atoms with Gasteiger partial charge in [0, 0.05) is 42.8 Å². The number of carbonyl (C=O) groups excluding carboxylic acids is 1. The van der Waals surface area contributed by atoms with Gasteiger partial charge in [0.15, 0.2) is 6.29 Å². The Labute approximate surface area is 262 Å². The van der Waals surface area contributed by atoms with E-state index in [-0.39, 0.29) is 30.8 Å². The van der Waals surface area contributed by atoms with E-state index < -0.39 is 6.29 Å². The summed E-state index contributed by atoms with van der Waals surface area (Å²) < 4.78 is 13.5. The van der Waals surface area contributed by atoms with Gasteiger partial charge in [-0.05, 0) is 58.9 Å². The molecule has 2 aliphatic heterocycles. The fraction of sp³-hybridized carbons (Fsp3) is 0.486. The molecule has 3 aromatic rings. The molecule has 44 heavy (non-hydrogen) atoms. The number of aliphatic hydroxyl groups excluding tert-OH is 1. The van der Waals surface area contributed by atoms with Crippen LogP contribution in [0.1, 0.15) is 81.6 Å². The molecule has 3 aromatic carbocycles. The quantitative estimate of drug-likeness (QED) is 0.256. The number of anilines is 1. The van der Waals surface area contributed by atoms with Gasteiger partial charge >= 0.3 is 6.03 Å². The fourth-order valence-corrected chi connectivity index (χ4v) is 8.07. The number of aliphatic hydroxyl groups is 1. The topological polar surface area (TPSA) is 83.1 Å². The first-order valence-electron chi connectivity index (χ1n) is 16.0. The first kappa shape index (κ1) is 30.8. The number of benzene rings is 3. The van der Waals surface area contributed by atoms with Gasteiger partial charge in [0.1, 0.15) is 0 Å². The van der Waals surface area contributed by atoms with Crippen LogP contribution in [0, 0.1) is 16.7 Å². The second-order valence-electron chi connectivity index (χ2n) is 14.4. The number of carbonyl (C=O) groups is 1. The molecule has 234 valence electrons. The number of rotatable bonds is 8. The van der Waals surface area contributed by atoms with E-state index in [2.05, 4.69) is 55.4 Å². The van der Waals surface area contributed by atoms with Gasteiger partial charge in [-0.15, -0.1) is 0 Å². The number of hydrogen-bond donors (Lipinski definition) is 3. The summed E-state index contributed by atoms with van der Waals surface area (Å²) in [5.41, 5.74) is 5.26. The standard InChI is InChI=1S/C37H47N3O4/c1-25-32(21-40-24-37(4)19-31(40)18-36(2,3)23-37)43-34(44-33(25)28-15-13-27(22-41)14-16-28)29-11-8-12-30(17-29)39-35(42)38-20-26-9-6-5-7-10-26/h5-17,25,31-34,41H,18-24H2,1-4H3,(H2,38,39,42). The van der Waals surface area contributed by atoms with Crippen molar-refractivity contribution >= 4 is 11.7 Å². The summed E-state index contributed by atoms with van der Waals surface area (Å²) in [6.07, 6.45) is 2.94. The van der Waals surface area contributed by atoms with Gasteiger partial charge in [-0.2, -0.15) is 0 Å². The van der Waals surface area contributed by atoms with E-state index in [1.54, 1.807) is 0 Å². The Hall–Kier alpha value is -3.23. The van der Waals surface area contributed by atoms with Crippen molar-refractivity contribution in [1.82, 2.24) is 10.2 Å². The SMILES string of the molecule is CC1C(CN2CC3(C)CC2CC(C)(C)C3)OC(c2cccc(NC(=O)NCc3ccccc3)c2)OC1c1ccc(CO)cc1. The highest BCUT2D eigenvalue weighted by molar-refractivity contribution is 5.89. The molecular weight excluding hydrogens is 550 g/mol. The van der Waals surface area contributed by atoms with Crippen LogP contribution >= 0.6 is 0 Å². The summed E-state index contributed by atoms with van der Waals surface area (Å²) in [7, 11) is 0. The van der Waals surface area contributed by atoms with E-state index >= 15 is 0 Å². The molecule has 7 nitrogen and oxygen atoms in total. The molecule has 3 fully saturated rings. The number of fused-ring (bicyclic) bond motifs is 2. The van der Waals surface area contributed by atoms with Crippen molar-refractivity contribution < 1.29 is 19.4 Å². The molecule has 7 heteroatoms. The third kappa shape index (κ3) is 7.02. The van der Waals surface area contributed by atoms with Crippen LogP contribution in [0.15, 0.2) is 78.9 Å². The van der Waals surface area contributed by atoms with Crippen molar-refractivity contribution in [2.75, 3.05) is 18.4 Å². The number of likely N-dealkylation sites (tertiary alicyclic amines) is 1. The number of nitrogens with zero attached hydrogens (tertiary/aromatic N) is 1. The molecule has 3 aliphatic rings. The van der Waals surface area contributed by atoms with Crippen LogP contribution in [0.3, 0.4) is 0 Å². The van der Waals surface area contributed by atoms with Crippen LogP contribution in [-0.4, -0.2) is 41.3 Å². The molecule has 0 spiro atoms. The Kier molecular flexibility index (Phi) is 8.84. The summed E-state index contributed by atoms with van der Waals surface area (Å²) in [6.45, 7) is 12.0. The van der Waals surface area contributed by atoms with Gasteiger partial charge in [-0.1, -0.05) is 94.4 Å². The van der Waals surface area contributed by atoms with Crippen molar-refractivity contribution in [3.63, 3.8) is 0 Å². The smallest absolute Gasteiger partial charge is 0.319 e. The number of amides is 2. The van der Waals surface area contributed by atoms with E-state index in [1.165, 1.54) is 19.3 Å². The minimum atomic E-state index is -0.582. The van der Waals surface area contributed by atoms with Crippen molar-refractivity contribution in [3.05, 3.63) is 101 Å². The predicted molar refractivity (Wildman–Crippen MR) is 173 cm³/mol. The molecule has 1 saturated carbocycles. The fourth-order valence-electron chi connectivity index (χ4n) is 8.07. The lowest BCUT2D eigenvalue weighted by Crippen LogP contribution is -2.46. The number of ether oxygens (including phenoxy) is 2. The number of nitrogens with one attached hydrogen (secondary N) is 2. The zero-order valence-corrected chi connectivity index (χ0v) is 26.5. The Morgan fingerprint density at radius 1 is 0.932 bits per heavy atom. The average molecular weight is 598 g/mol. The second kappa shape index (κ2) is 12.6. The monoisotopic (exact) mass is 597 g/mol. The predicted octanol–water partition coefficient (Wildman–Crippen LogP) is 7.19. The molecule has 0 radical (unpaired) electrons. The Balaban J connectivity index is 1.20. The molecule has 2 saturated heterocycles. The largest absolute Gasteiger partial charge is 0.392 e. The van der Waals surface area contributed by atoms with Crippen molar-refractivity contribution in [1.29, 1.82) is 0 Å². The van der Waals surface area contributed by atoms with E-state index in [1.807, 2.05) is 66.7 Å². The van der Waals surface area contributed by atoms with Crippen molar-refractivity contribution in [2.24, 2.45) is 16.7 Å². The number of hydrogen-bond acceptors (Lipinski definition) is 5. The molecular formula is C37H47N3O4. The summed E-state index contributed by atoms with van der Waals surface area (Å²) in [5, 5.41) is 15.5. The van der Waals surface area contributed by atoms with Gasteiger partial charge in [0.2, 0.25) is 0 Å².